The van der Waals surface area contributed by atoms with E-state index in [1.807, 2.05) is 0 Å². The van der Waals surface area contributed by atoms with Gasteiger partial charge in [-0.05, 0) is 0 Å². The smallest absolute Gasteiger partial charge is 0.184 e. The molecule has 5 nitrogen and oxygen atoms in total. The summed E-state index contributed by atoms with van der Waals surface area (Å²) in [6, 6.07) is 0. The van der Waals surface area contributed by atoms with Crippen molar-refractivity contribution in [3.63, 3.8) is 0 Å². The van der Waals surface area contributed by atoms with Gasteiger partial charge in [0.15, 0.2) is 5.78 Å². The van der Waals surface area contributed by atoms with Gasteiger partial charge in [-0.1, -0.05) is 0 Å². The fourth-order valence-corrected chi connectivity index (χ4v) is 1.58. The Hall–Kier alpha value is -0.490. The van der Waals surface area contributed by atoms with E-state index in [9.17, 15) is 15.2 Å². The fraction of sp³-hybridized carbons (Fsp3) is 0.875. The molecule has 0 radical (unpaired) electrons. The van der Waals surface area contributed by atoms with Crippen molar-refractivity contribution in [2.24, 2.45) is 0 Å². The summed E-state index contributed by atoms with van der Waals surface area (Å²) in [4.78, 5) is 10.8. The number of likely N-dealkylation sites (N-methyl/N-ethyl adjacent to an activating group) is 1. The van der Waals surface area contributed by atoms with Crippen LogP contribution in [-0.2, 0) is 4.79 Å². The van der Waals surface area contributed by atoms with Crippen molar-refractivity contribution in [1.82, 2.24) is 0 Å². The Kier molecular flexibility index (Phi) is 2.72. The number of quaternary nitrogens is 2. The van der Waals surface area contributed by atoms with Crippen LogP contribution in [0.3, 0.4) is 0 Å². The molecule has 0 N–H and O–H groups in total. The first-order valence-corrected chi connectivity index (χ1v) is 4.45. The summed E-state index contributed by atoms with van der Waals surface area (Å²) in [7, 11) is 1.57. The van der Waals surface area contributed by atoms with E-state index in [4.69, 9.17) is 0 Å². The molecule has 0 aromatic carbocycles. The van der Waals surface area contributed by atoms with Gasteiger partial charge in [0.1, 0.15) is 32.7 Å². The molecular formula is C8H16N2O3. The van der Waals surface area contributed by atoms with Gasteiger partial charge in [0.25, 0.3) is 0 Å². The maximum absolute atomic E-state index is 11.8. The van der Waals surface area contributed by atoms with Gasteiger partial charge in [-0.25, -0.2) is 0 Å². The van der Waals surface area contributed by atoms with Crippen LogP contribution in [0.15, 0.2) is 0 Å². The molecule has 1 heterocycles. The highest BCUT2D eigenvalue weighted by atomic mass is 16.6. The van der Waals surface area contributed by atoms with Gasteiger partial charge >= 0.3 is 0 Å². The van der Waals surface area contributed by atoms with Crippen molar-refractivity contribution >= 4 is 5.78 Å². The van der Waals surface area contributed by atoms with Crippen molar-refractivity contribution in [3.05, 3.63) is 10.4 Å². The zero-order chi connectivity index (χ0) is 10.1. The summed E-state index contributed by atoms with van der Waals surface area (Å²) < 4.78 is -0.856. The molecule has 0 spiro atoms. The second-order valence-electron chi connectivity index (χ2n) is 4.11. The Morgan fingerprint density at radius 1 is 1.23 bits per heavy atom. The van der Waals surface area contributed by atoms with Crippen LogP contribution in [-0.4, -0.2) is 54.8 Å². The van der Waals surface area contributed by atoms with Crippen LogP contribution in [0.1, 0.15) is 6.92 Å². The number of carbonyl (C=O) groups excluding carboxylic acids is 1. The average Bonchev–Trinajstić information content (AvgIpc) is 1.95. The minimum Gasteiger partial charge on any atom is -0.633 e. The average molecular weight is 188 g/mol. The Labute approximate surface area is 77.9 Å². The van der Waals surface area contributed by atoms with Crippen LogP contribution >= 0.6 is 0 Å². The van der Waals surface area contributed by atoms with Gasteiger partial charge in [0.05, 0.1) is 7.05 Å². The van der Waals surface area contributed by atoms with Crippen LogP contribution in [0.4, 0.5) is 0 Å². The topological polar surface area (TPSA) is 63.2 Å². The summed E-state index contributed by atoms with van der Waals surface area (Å²) in [5, 5.41) is 23.2. The van der Waals surface area contributed by atoms with Crippen LogP contribution in [0, 0.1) is 10.4 Å². The molecule has 0 atom stereocenters. The van der Waals surface area contributed by atoms with E-state index >= 15 is 0 Å². The van der Waals surface area contributed by atoms with Crippen molar-refractivity contribution < 1.29 is 14.1 Å². The van der Waals surface area contributed by atoms with Crippen LogP contribution < -0.4 is 0 Å². The van der Waals surface area contributed by atoms with Gasteiger partial charge < -0.3 is 19.7 Å². The molecule has 76 valence electrons. The molecule has 5 heteroatoms. The number of ketones is 1. The Balaban J connectivity index is 2.51. The molecule has 1 fully saturated rings. The maximum Gasteiger partial charge on any atom is 0.184 e. The molecule has 0 amide bonds. The van der Waals surface area contributed by atoms with Gasteiger partial charge in [-0.3, -0.25) is 4.79 Å². The predicted octanol–water partition coefficient (Wildman–Crippen LogP) is -0.152. The predicted molar refractivity (Wildman–Crippen MR) is 48.2 cm³/mol. The number of piperazine rings is 1. The number of carbonyl (C=O) groups is 1. The number of hydroxylamine groups is 6. The lowest BCUT2D eigenvalue weighted by atomic mass is 10.3. The van der Waals surface area contributed by atoms with Crippen LogP contribution in [0.25, 0.3) is 0 Å². The summed E-state index contributed by atoms with van der Waals surface area (Å²) in [6.45, 7) is 2.59. The van der Waals surface area contributed by atoms with Crippen molar-refractivity contribution in [1.29, 1.82) is 0 Å². The number of rotatable bonds is 2. The molecule has 0 aromatic rings. The summed E-state index contributed by atoms with van der Waals surface area (Å²) in [5.74, 6) is -0.1000. The highest BCUT2D eigenvalue weighted by Crippen LogP contribution is 2.14. The lowest BCUT2D eigenvalue weighted by Gasteiger charge is -2.52. The SMILES string of the molecule is CC(=O)C[N+]1([O-])CC[N+](C)([O-])CC1. The molecular weight excluding hydrogens is 172 g/mol. The highest BCUT2D eigenvalue weighted by Gasteiger charge is 2.30. The number of hydrogen-bond donors (Lipinski definition) is 0. The molecule has 1 rings (SSSR count). The minimum atomic E-state index is -0.509. The Morgan fingerprint density at radius 2 is 1.69 bits per heavy atom. The van der Waals surface area contributed by atoms with E-state index in [1.165, 1.54) is 6.92 Å². The second-order valence-corrected chi connectivity index (χ2v) is 4.11. The molecule has 0 saturated carbocycles. The molecule has 0 aromatic heterocycles. The third kappa shape index (κ3) is 3.04. The monoisotopic (exact) mass is 188 g/mol. The standard InChI is InChI=1S/C8H16N2O3/c1-8(11)7-10(13)5-3-9(2,12)4-6-10/h3-7H2,1-2H3. The summed E-state index contributed by atoms with van der Waals surface area (Å²) >= 11 is 0. The fourth-order valence-electron chi connectivity index (χ4n) is 1.58. The number of hydrogen-bond acceptors (Lipinski definition) is 3. The zero-order valence-electron chi connectivity index (χ0n) is 8.15. The lowest BCUT2D eigenvalue weighted by Crippen LogP contribution is -2.61. The van der Waals surface area contributed by atoms with E-state index in [0.29, 0.717) is 13.1 Å². The first-order chi connectivity index (χ1) is 5.83. The molecule has 1 aliphatic heterocycles. The normalized spacial score (nSPS) is 40.3. The van der Waals surface area contributed by atoms with E-state index in [-0.39, 0.29) is 30.1 Å². The number of Topliss-reactive ketones (excluding diaryl/α,β-unsaturated/α-hetero) is 1. The third-order valence-electron chi connectivity index (χ3n) is 2.47. The minimum absolute atomic E-state index is 0.0139. The van der Waals surface area contributed by atoms with Crippen LogP contribution in [0.2, 0.25) is 0 Å². The van der Waals surface area contributed by atoms with Gasteiger partial charge in [-0.15, -0.1) is 0 Å². The number of nitrogens with zero attached hydrogens (tertiary/aromatic N) is 2. The van der Waals surface area contributed by atoms with Gasteiger partial charge in [0, 0.05) is 6.92 Å². The van der Waals surface area contributed by atoms with Crippen molar-refractivity contribution in [2.75, 3.05) is 39.8 Å². The maximum atomic E-state index is 11.8. The summed E-state index contributed by atoms with van der Waals surface area (Å²) in [6.07, 6.45) is 0. The van der Waals surface area contributed by atoms with E-state index < -0.39 is 4.65 Å². The Bertz CT molecular complexity index is 205. The lowest BCUT2D eigenvalue weighted by molar-refractivity contribution is -0.977. The van der Waals surface area contributed by atoms with Crippen LogP contribution in [0.5, 0.6) is 0 Å². The largest absolute Gasteiger partial charge is 0.633 e. The second kappa shape index (κ2) is 3.34. The zero-order valence-corrected chi connectivity index (χ0v) is 8.15. The van der Waals surface area contributed by atoms with E-state index in [1.54, 1.807) is 7.05 Å². The molecule has 1 saturated heterocycles. The quantitative estimate of drug-likeness (QED) is 0.447. The first-order valence-electron chi connectivity index (χ1n) is 4.45. The van der Waals surface area contributed by atoms with Gasteiger partial charge in [0.2, 0.25) is 0 Å². The first kappa shape index (κ1) is 10.6. The molecule has 0 unspecified atom stereocenters. The highest BCUT2D eigenvalue weighted by molar-refractivity contribution is 5.76. The Morgan fingerprint density at radius 3 is 2.08 bits per heavy atom. The van der Waals surface area contributed by atoms with Crippen molar-refractivity contribution in [2.45, 2.75) is 6.92 Å². The molecule has 0 bridgehead atoms. The third-order valence-corrected chi connectivity index (χ3v) is 2.47. The summed E-state index contributed by atoms with van der Waals surface area (Å²) in [5.41, 5.74) is 0. The van der Waals surface area contributed by atoms with E-state index in [2.05, 4.69) is 0 Å². The molecule has 1 aliphatic rings. The molecule has 0 aliphatic carbocycles. The van der Waals surface area contributed by atoms with E-state index in [0.717, 1.165) is 0 Å². The molecule has 13 heavy (non-hydrogen) atoms. The van der Waals surface area contributed by atoms with Crippen molar-refractivity contribution in [3.8, 4) is 0 Å². The van der Waals surface area contributed by atoms with Gasteiger partial charge in [-0.2, -0.15) is 0 Å².